The van der Waals surface area contributed by atoms with Crippen LogP contribution < -0.4 is 5.73 Å². The zero-order valence-corrected chi connectivity index (χ0v) is 12.0. The van der Waals surface area contributed by atoms with Gasteiger partial charge in [-0.3, -0.25) is 4.79 Å². The highest BCUT2D eigenvalue weighted by Crippen LogP contribution is 2.40. The minimum absolute atomic E-state index is 0.00960. The van der Waals surface area contributed by atoms with E-state index in [0.29, 0.717) is 18.4 Å². The van der Waals surface area contributed by atoms with Gasteiger partial charge in [0.15, 0.2) is 0 Å². The lowest BCUT2D eigenvalue weighted by molar-refractivity contribution is -0.117. The van der Waals surface area contributed by atoms with Crippen molar-refractivity contribution < 1.29 is 15.0 Å². The first-order chi connectivity index (χ1) is 10.0. The number of phenols is 2. The second-order valence-electron chi connectivity index (χ2n) is 4.93. The van der Waals surface area contributed by atoms with E-state index in [0.717, 1.165) is 16.7 Å². The number of nitrogens with two attached hydrogens (primary N) is 1. The first-order valence-corrected chi connectivity index (χ1v) is 6.95. The van der Waals surface area contributed by atoms with Gasteiger partial charge in [0.25, 0.3) is 0 Å². The van der Waals surface area contributed by atoms with Crippen LogP contribution in [0.4, 0.5) is 0 Å². The molecule has 2 rings (SSSR count). The van der Waals surface area contributed by atoms with Crippen LogP contribution >= 0.6 is 0 Å². The highest BCUT2D eigenvalue weighted by atomic mass is 16.3. The third kappa shape index (κ3) is 3.16. The predicted octanol–water partition coefficient (Wildman–Crippen LogP) is 2.75. The number of hydrogen-bond donors (Lipinski definition) is 3. The number of carbonyl (C=O) groups excluding carboxylic acids is 1. The minimum atomic E-state index is -0.404. The molecular formula is C17H19NO3. The number of carbonyl (C=O) groups is 1. The van der Waals surface area contributed by atoms with Crippen LogP contribution in [0.25, 0.3) is 11.1 Å². The largest absolute Gasteiger partial charge is 0.508 e. The molecule has 0 atom stereocenters. The maximum absolute atomic E-state index is 11.1. The fourth-order valence-corrected chi connectivity index (χ4v) is 2.59. The number of aromatic hydroxyl groups is 2. The smallest absolute Gasteiger partial charge is 0.217 e. The Morgan fingerprint density at radius 3 is 2.33 bits per heavy atom. The lowest BCUT2D eigenvalue weighted by atomic mass is 9.89. The molecule has 0 spiro atoms. The zero-order chi connectivity index (χ0) is 15.4. The molecule has 0 unspecified atom stereocenters. The number of benzene rings is 2. The van der Waals surface area contributed by atoms with Crippen molar-refractivity contribution in [2.24, 2.45) is 5.73 Å². The third-order valence-electron chi connectivity index (χ3n) is 3.54. The van der Waals surface area contributed by atoms with E-state index in [1.807, 2.05) is 37.3 Å². The van der Waals surface area contributed by atoms with Crippen molar-refractivity contribution in [2.75, 3.05) is 0 Å². The van der Waals surface area contributed by atoms with E-state index in [1.165, 1.54) is 6.07 Å². The number of phenolic OH excluding ortho intramolecular Hbond substituents is 2. The van der Waals surface area contributed by atoms with Gasteiger partial charge in [0.2, 0.25) is 5.91 Å². The Hall–Kier alpha value is -2.49. The molecule has 0 aromatic heterocycles. The molecule has 1 amide bonds. The quantitative estimate of drug-likeness (QED) is 0.789. The first-order valence-electron chi connectivity index (χ1n) is 6.95. The van der Waals surface area contributed by atoms with Gasteiger partial charge in [0.05, 0.1) is 0 Å². The molecule has 0 bridgehead atoms. The fraction of sp³-hybridized carbons (Fsp3) is 0.235. The molecule has 4 N–H and O–H groups in total. The van der Waals surface area contributed by atoms with Crippen LogP contribution in [0.3, 0.4) is 0 Å². The Bertz CT molecular complexity index is 651. The van der Waals surface area contributed by atoms with Gasteiger partial charge in [-0.05, 0) is 29.5 Å². The van der Waals surface area contributed by atoms with Crippen LogP contribution in [-0.2, 0) is 17.6 Å². The summed E-state index contributed by atoms with van der Waals surface area (Å²) in [6.45, 7) is 1.93. The standard InChI is InChI=1S/C17H19NO3/c1-2-12-13(8-9-16(18)21)17(15(20)10-14(12)19)11-6-4-3-5-7-11/h3-7,10,19-20H,2,8-9H2,1H3,(H2,18,21). The Balaban J connectivity index is 2.64. The van der Waals surface area contributed by atoms with Gasteiger partial charge in [-0.1, -0.05) is 37.3 Å². The molecule has 21 heavy (non-hydrogen) atoms. The van der Waals surface area contributed by atoms with Gasteiger partial charge in [-0.15, -0.1) is 0 Å². The summed E-state index contributed by atoms with van der Waals surface area (Å²) >= 11 is 0. The lowest BCUT2D eigenvalue weighted by Crippen LogP contribution is -2.12. The van der Waals surface area contributed by atoms with E-state index in [-0.39, 0.29) is 17.9 Å². The van der Waals surface area contributed by atoms with Gasteiger partial charge in [-0.25, -0.2) is 0 Å². The minimum Gasteiger partial charge on any atom is -0.508 e. The second kappa shape index (κ2) is 6.31. The van der Waals surface area contributed by atoms with Crippen LogP contribution in [0.15, 0.2) is 36.4 Å². The van der Waals surface area contributed by atoms with E-state index in [9.17, 15) is 15.0 Å². The van der Waals surface area contributed by atoms with Crippen molar-refractivity contribution in [3.8, 4) is 22.6 Å². The highest BCUT2D eigenvalue weighted by Gasteiger charge is 2.18. The van der Waals surface area contributed by atoms with E-state index < -0.39 is 5.91 Å². The maximum atomic E-state index is 11.1. The molecule has 0 fully saturated rings. The van der Waals surface area contributed by atoms with Crippen molar-refractivity contribution in [2.45, 2.75) is 26.2 Å². The Kier molecular flexibility index (Phi) is 4.48. The number of primary amides is 1. The molecule has 4 heteroatoms. The van der Waals surface area contributed by atoms with Crippen molar-refractivity contribution in [1.29, 1.82) is 0 Å². The molecule has 4 nitrogen and oxygen atoms in total. The first kappa shape index (κ1) is 14.9. The van der Waals surface area contributed by atoms with E-state index >= 15 is 0 Å². The molecule has 0 aliphatic carbocycles. The number of amides is 1. The predicted molar refractivity (Wildman–Crippen MR) is 82.1 cm³/mol. The van der Waals surface area contributed by atoms with Crippen LogP contribution in [0.5, 0.6) is 11.5 Å². The summed E-state index contributed by atoms with van der Waals surface area (Å²) in [5, 5.41) is 20.3. The topological polar surface area (TPSA) is 83.6 Å². The van der Waals surface area contributed by atoms with Crippen LogP contribution in [-0.4, -0.2) is 16.1 Å². The molecule has 0 radical (unpaired) electrons. The normalized spacial score (nSPS) is 10.5. The fourth-order valence-electron chi connectivity index (χ4n) is 2.59. The van der Waals surface area contributed by atoms with Gasteiger partial charge < -0.3 is 15.9 Å². The van der Waals surface area contributed by atoms with Crippen molar-refractivity contribution >= 4 is 5.91 Å². The maximum Gasteiger partial charge on any atom is 0.217 e. The average molecular weight is 285 g/mol. The summed E-state index contributed by atoms with van der Waals surface area (Å²) in [6.07, 6.45) is 1.18. The van der Waals surface area contributed by atoms with Gasteiger partial charge >= 0.3 is 0 Å². The molecule has 0 heterocycles. The van der Waals surface area contributed by atoms with Crippen LogP contribution in [0.1, 0.15) is 24.5 Å². The third-order valence-corrected chi connectivity index (χ3v) is 3.54. The summed E-state index contributed by atoms with van der Waals surface area (Å²) in [4.78, 5) is 11.1. The summed E-state index contributed by atoms with van der Waals surface area (Å²) in [5.41, 5.74) is 8.26. The van der Waals surface area contributed by atoms with Gasteiger partial charge in [0, 0.05) is 18.1 Å². The van der Waals surface area contributed by atoms with E-state index in [4.69, 9.17) is 5.73 Å². The molecule has 0 aliphatic rings. The Morgan fingerprint density at radius 1 is 1.10 bits per heavy atom. The molecule has 0 aliphatic heterocycles. The Morgan fingerprint density at radius 2 is 1.76 bits per heavy atom. The average Bonchev–Trinajstić information content (AvgIpc) is 2.45. The SMILES string of the molecule is CCc1c(O)cc(O)c(-c2ccccc2)c1CCC(N)=O. The summed E-state index contributed by atoms with van der Waals surface area (Å²) < 4.78 is 0. The summed E-state index contributed by atoms with van der Waals surface area (Å²) in [6, 6.07) is 10.8. The lowest BCUT2D eigenvalue weighted by Gasteiger charge is -2.17. The van der Waals surface area contributed by atoms with Crippen molar-refractivity contribution in [1.82, 2.24) is 0 Å². The molecule has 110 valence electrons. The molecule has 0 saturated heterocycles. The van der Waals surface area contributed by atoms with Gasteiger partial charge in [-0.2, -0.15) is 0 Å². The van der Waals surface area contributed by atoms with Crippen LogP contribution in [0.2, 0.25) is 0 Å². The summed E-state index contributed by atoms with van der Waals surface area (Å²) in [5.74, 6) is -0.344. The number of rotatable bonds is 5. The number of hydrogen-bond acceptors (Lipinski definition) is 3. The highest BCUT2D eigenvalue weighted by molar-refractivity contribution is 5.79. The van der Waals surface area contributed by atoms with Crippen molar-refractivity contribution in [3.05, 3.63) is 47.5 Å². The van der Waals surface area contributed by atoms with Gasteiger partial charge in [0.1, 0.15) is 11.5 Å². The van der Waals surface area contributed by atoms with Crippen molar-refractivity contribution in [3.63, 3.8) is 0 Å². The Labute approximate surface area is 123 Å². The monoisotopic (exact) mass is 285 g/mol. The van der Waals surface area contributed by atoms with Crippen LogP contribution in [0, 0.1) is 0 Å². The second-order valence-corrected chi connectivity index (χ2v) is 4.93. The molecule has 2 aromatic rings. The van der Waals surface area contributed by atoms with E-state index in [2.05, 4.69) is 0 Å². The van der Waals surface area contributed by atoms with E-state index in [1.54, 1.807) is 0 Å². The molecular weight excluding hydrogens is 266 g/mol. The molecule has 0 saturated carbocycles. The summed E-state index contributed by atoms with van der Waals surface area (Å²) in [7, 11) is 0. The zero-order valence-electron chi connectivity index (χ0n) is 12.0. The molecule has 2 aromatic carbocycles.